The molecule has 2 atom stereocenters. The lowest BCUT2D eigenvalue weighted by Crippen LogP contribution is -2.39. The monoisotopic (exact) mass is 1040 g/mol. The van der Waals surface area contributed by atoms with E-state index < -0.39 is 19.1 Å². The molecular formula is C40H43Br2Cl5N4O4S2. The highest BCUT2D eigenvalue weighted by molar-refractivity contribution is 9.10. The first-order valence-corrected chi connectivity index (χ1v) is 26.3. The number of benzene rings is 2. The minimum Gasteiger partial charge on any atom is -0.317 e. The standard InChI is InChI=1S/C20H21BrCl2N2O2S.C19H19BrCl2N2.CH3ClO2S/c1-28(26,27)25-6-4-12(5-7-25)19-18-13(9-16(22)10-17(18)23)2-3-14-8-15(21)11-24-20(14)19;20-14-7-13-2-1-12-8-15(21)9-16(22)17(12)18(19(13)24-10-14)11-3-5-23-6-4-11;1-5(2,3)4/h8-12,19H,2-7H2,1H3;7-11,18,23H,1-6H2;1H3. The molecule has 1 N–H and O–H groups in total. The molecule has 0 saturated carbocycles. The molecule has 4 heterocycles. The maximum atomic E-state index is 11.9. The van der Waals surface area contributed by atoms with Gasteiger partial charge in [-0.25, -0.2) is 21.1 Å². The molecule has 0 radical (unpaired) electrons. The molecule has 308 valence electrons. The Morgan fingerprint density at radius 3 is 1.42 bits per heavy atom. The van der Waals surface area contributed by atoms with Gasteiger partial charge in [0.1, 0.15) is 0 Å². The van der Waals surface area contributed by atoms with Crippen molar-refractivity contribution in [3.05, 3.63) is 123 Å². The van der Waals surface area contributed by atoms with Crippen LogP contribution in [0.3, 0.4) is 0 Å². The number of nitrogens with zero attached hydrogens (tertiary/aromatic N) is 3. The van der Waals surface area contributed by atoms with Gasteiger partial charge in [-0.2, -0.15) is 0 Å². The number of halogens is 7. The van der Waals surface area contributed by atoms with Gasteiger partial charge >= 0.3 is 0 Å². The van der Waals surface area contributed by atoms with Crippen LogP contribution in [0.5, 0.6) is 0 Å². The molecule has 2 aliphatic carbocycles. The average Bonchev–Trinajstić information content (AvgIpc) is 3.39. The van der Waals surface area contributed by atoms with E-state index in [-0.39, 0.29) is 17.8 Å². The number of hydrogen-bond acceptors (Lipinski definition) is 7. The van der Waals surface area contributed by atoms with Crippen molar-refractivity contribution in [1.29, 1.82) is 0 Å². The van der Waals surface area contributed by atoms with Crippen LogP contribution in [0.15, 0.2) is 57.7 Å². The first-order chi connectivity index (χ1) is 26.9. The number of nitrogens with one attached hydrogen (secondary N) is 1. The van der Waals surface area contributed by atoms with E-state index in [9.17, 15) is 16.8 Å². The summed E-state index contributed by atoms with van der Waals surface area (Å²) < 4.78 is 46.2. The molecule has 0 bridgehead atoms. The van der Waals surface area contributed by atoms with Gasteiger partial charge in [-0.15, -0.1) is 0 Å². The second kappa shape index (κ2) is 19.3. The summed E-state index contributed by atoms with van der Waals surface area (Å²) in [5.74, 6) is 1.15. The fraction of sp³-hybridized carbons (Fsp3) is 0.450. The van der Waals surface area contributed by atoms with Gasteiger partial charge < -0.3 is 5.32 Å². The quantitative estimate of drug-likeness (QED) is 0.204. The van der Waals surface area contributed by atoms with Crippen LogP contribution in [0, 0.1) is 11.8 Å². The number of aryl methyl sites for hydroxylation is 4. The SMILES string of the molecule is CS(=O)(=O)Cl.CS(=O)(=O)N1CCC(C2c3ncc(Br)cc3CCc3cc(Cl)cc(Cl)c32)CC1.Clc1cc(Cl)c2c(c1)CCc1cc(Br)cnc1C2C1CCNCC1. The van der Waals surface area contributed by atoms with Gasteiger partial charge in [0.15, 0.2) is 0 Å². The Morgan fingerprint density at radius 1 is 0.632 bits per heavy atom. The van der Waals surface area contributed by atoms with Gasteiger partial charge in [0.25, 0.3) is 0 Å². The molecule has 57 heavy (non-hydrogen) atoms. The summed E-state index contributed by atoms with van der Waals surface area (Å²) in [5.41, 5.74) is 9.62. The molecule has 8 rings (SSSR count). The lowest BCUT2D eigenvalue weighted by Gasteiger charge is -2.36. The number of piperidine rings is 2. The van der Waals surface area contributed by atoms with E-state index in [1.165, 1.54) is 39.8 Å². The summed E-state index contributed by atoms with van der Waals surface area (Å²) >= 11 is 33.1. The van der Waals surface area contributed by atoms with Gasteiger partial charge in [-0.3, -0.25) is 9.97 Å². The molecule has 2 aliphatic heterocycles. The van der Waals surface area contributed by atoms with Crippen molar-refractivity contribution in [3.63, 3.8) is 0 Å². The van der Waals surface area contributed by atoms with E-state index in [4.69, 9.17) is 56.4 Å². The average molecular weight is 1050 g/mol. The predicted molar refractivity (Wildman–Crippen MR) is 241 cm³/mol. The van der Waals surface area contributed by atoms with E-state index in [0.717, 1.165) is 101 Å². The normalized spacial score (nSPS) is 20.2. The first-order valence-electron chi connectivity index (χ1n) is 18.7. The number of pyridine rings is 2. The van der Waals surface area contributed by atoms with E-state index in [1.807, 2.05) is 30.6 Å². The first kappa shape index (κ1) is 45.5. The Morgan fingerprint density at radius 2 is 1.02 bits per heavy atom. The summed E-state index contributed by atoms with van der Waals surface area (Å²) in [6, 6.07) is 12.2. The van der Waals surface area contributed by atoms with Crippen LogP contribution in [0.25, 0.3) is 0 Å². The van der Waals surface area contributed by atoms with Crippen LogP contribution >= 0.6 is 88.9 Å². The summed E-state index contributed by atoms with van der Waals surface area (Å²) in [4.78, 5) is 9.63. The smallest absolute Gasteiger partial charge is 0.229 e. The van der Waals surface area contributed by atoms with Crippen molar-refractivity contribution in [2.45, 2.75) is 63.2 Å². The Balaban J connectivity index is 0.000000174. The second-order valence-electron chi connectivity index (χ2n) is 15.0. The maximum Gasteiger partial charge on any atom is 0.229 e. The molecule has 0 amide bonds. The highest BCUT2D eigenvalue weighted by Gasteiger charge is 2.37. The molecular weight excluding hydrogens is 1000 g/mol. The highest BCUT2D eigenvalue weighted by atomic mass is 79.9. The molecule has 2 fully saturated rings. The Bertz CT molecular complexity index is 2330. The fourth-order valence-electron chi connectivity index (χ4n) is 8.78. The van der Waals surface area contributed by atoms with E-state index >= 15 is 0 Å². The topological polar surface area (TPSA) is 109 Å². The number of rotatable bonds is 3. The van der Waals surface area contributed by atoms with Crippen molar-refractivity contribution >= 4 is 108 Å². The Hall–Kier alpha value is -1.03. The number of fused-ring (bicyclic) bond motifs is 4. The van der Waals surface area contributed by atoms with Gasteiger partial charge in [0.05, 0.1) is 23.9 Å². The zero-order chi connectivity index (χ0) is 41.2. The molecule has 4 aromatic rings. The van der Waals surface area contributed by atoms with Crippen LogP contribution in [0.2, 0.25) is 20.1 Å². The Kier molecular flexibility index (Phi) is 15.4. The van der Waals surface area contributed by atoms with Crippen molar-refractivity contribution in [3.8, 4) is 0 Å². The van der Waals surface area contributed by atoms with Crippen LogP contribution in [-0.4, -0.2) is 69.8 Å². The van der Waals surface area contributed by atoms with Crippen LogP contribution < -0.4 is 5.32 Å². The highest BCUT2D eigenvalue weighted by Crippen LogP contribution is 2.47. The molecule has 8 nitrogen and oxygen atoms in total. The van der Waals surface area contributed by atoms with Crippen LogP contribution in [0.4, 0.5) is 0 Å². The third kappa shape index (κ3) is 11.7. The van der Waals surface area contributed by atoms with Crippen LogP contribution in [-0.2, 0) is 44.8 Å². The van der Waals surface area contributed by atoms with Gasteiger partial charge in [0, 0.05) is 77.0 Å². The maximum absolute atomic E-state index is 11.9. The lowest BCUT2D eigenvalue weighted by molar-refractivity contribution is 0.256. The number of aromatic nitrogens is 2. The third-order valence-corrected chi connectivity index (χ3v) is 14.4. The third-order valence-electron chi connectivity index (χ3n) is 11.1. The van der Waals surface area contributed by atoms with Gasteiger partial charge in [-0.05, 0) is 178 Å². The van der Waals surface area contributed by atoms with E-state index in [0.29, 0.717) is 29.1 Å². The fourth-order valence-corrected chi connectivity index (χ4v) is 11.7. The molecule has 2 aromatic heterocycles. The predicted octanol–water partition coefficient (Wildman–Crippen LogP) is 10.6. The van der Waals surface area contributed by atoms with E-state index in [2.05, 4.69) is 66.1 Å². The summed E-state index contributed by atoms with van der Waals surface area (Å²) in [7, 11) is -1.85. The van der Waals surface area contributed by atoms with Crippen molar-refractivity contribution < 1.29 is 16.8 Å². The minimum absolute atomic E-state index is 0.0482. The molecule has 17 heteroatoms. The summed E-state index contributed by atoms with van der Waals surface area (Å²) in [6.07, 6.45) is 13.5. The summed E-state index contributed by atoms with van der Waals surface area (Å²) in [5, 5.41) is 6.31. The zero-order valence-corrected chi connectivity index (χ0v) is 39.9. The van der Waals surface area contributed by atoms with Crippen molar-refractivity contribution in [2.75, 3.05) is 38.7 Å². The number of hydrogen-bond donors (Lipinski definition) is 1. The largest absolute Gasteiger partial charge is 0.317 e. The Labute approximate surface area is 377 Å². The lowest BCUT2D eigenvalue weighted by atomic mass is 9.77. The van der Waals surface area contributed by atoms with Gasteiger partial charge in [0.2, 0.25) is 19.1 Å². The molecule has 4 aliphatic rings. The molecule has 2 unspecified atom stereocenters. The van der Waals surface area contributed by atoms with Crippen molar-refractivity contribution in [2.24, 2.45) is 11.8 Å². The summed E-state index contributed by atoms with van der Waals surface area (Å²) in [6.45, 7) is 3.19. The number of sulfonamides is 1. The second-order valence-corrected chi connectivity index (χ2v) is 23.6. The van der Waals surface area contributed by atoms with Crippen LogP contribution in [0.1, 0.15) is 82.3 Å². The molecule has 2 saturated heterocycles. The molecule has 2 aromatic carbocycles. The zero-order valence-electron chi connectivity index (χ0n) is 31.4. The van der Waals surface area contributed by atoms with Gasteiger partial charge in [-0.1, -0.05) is 46.4 Å². The van der Waals surface area contributed by atoms with Crippen molar-refractivity contribution in [1.82, 2.24) is 19.6 Å². The minimum atomic E-state index is -3.19. The molecule has 0 spiro atoms. The van der Waals surface area contributed by atoms with E-state index in [1.54, 1.807) is 4.31 Å².